The van der Waals surface area contributed by atoms with Gasteiger partial charge in [-0.1, -0.05) is 12.1 Å². The predicted octanol–water partition coefficient (Wildman–Crippen LogP) is 1.94. The maximum atomic E-state index is 10.5. The fourth-order valence-corrected chi connectivity index (χ4v) is 2.22. The van der Waals surface area contributed by atoms with Gasteiger partial charge in [-0.15, -0.1) is 12.4 Å². The number of hydrogen-bond donors (Lipinski definition) is 1. The van der Waals surface area contributed by atoms with Crippen LogP contribution in [-0.2, 0) is 6.54 Å². The summed E-state index contributed by atoms with van der Waals surface area (Å²) in [7, 11) is 0. The van der Waals surface area contributed by atoms with Crippen LogP contribution in [0.25, 0.3) is 0 Å². The van der Waals surface area contributed by atoms with Gasteiger partial charge in [0.05, 0.1) is 4.92 Å². The molecule has 0 radical (unpaired) electrons. The SMILES string of the molecule is Cl.N[C@@H]1CCCN(Cc2ccc([N+](=O)[O-])cc2)C1. The van der Waals surface area contributed by atoms with Gasteiger partial charge in [0.25, 0.3) is 5.69 Å². The van der Waals surface area contributed by atoms with Gasteiger partial charge >= 0.3 is 0 Å². The molecule has 6 heteroatoms. The van der Waals surface area contributed by atoms with Crippen molar-refractivity contribution in [3.8, 4) is 0 Å². The standard InChI is InChI=1S/C12H17N3O2.ClH/c13-11-2-1-7-14(9-11)8-10-3-5-12(6-4-10)15(16)17;/h3-6,11H,1-2,7-9,13H2;1H/t11-;/m1./s1. The van der Waals surface area contributed by atoms with E-state index in [4.69, 9.17) is 5.73 Å². The highest BCUT2D eigenvalue weighted by atomic mass is 35.5. The van der Waals surface area contributed by atoms with Crippen LogP contribution in [0.15, 0.2) is 24.3 Å². The molecule has 1 aliphatic heterocycles. The van der Waals surface area contributed by atoms with Crippen LogP contribution in [0.3, 0.4) is 0 Å². The number of nitrogens with zero attached hydrogens (tertiary/aromatic N) is 2. The summed E-state index contributed by atoms with van der Waals surface area (Å²) in [4.78, 5) is 12.5. The molecule has 1 saturated heterocycles. The number of likely N-dealkylation sites (tertiary alicyclic amines) is 1. The molecule has 1 aliphatic rings. The second-order valence-corrected chi connectivity index (χ2v) is 4.56. The molecule has 5 nitrogen and oxygen atoms in total. The number of non-ortho nitro benzene ring substituents is 1. The molecule has 0 aromatic heterocycles. The first-order valence-electron chi connectivity index (χ1n) is 5.86. The summed E-state index contributed by atoms with van der Waals surface area (Å²) in [5.74, 6) is 0. The summed E-state index contributed by atoms with van der Waals surface area (Å²) in [6.07, 6.45) is 2.23. The second-order valence-electron chi connectivity index (χ2n) is 4.56. The zero-order valence-corrected chi connectivity index (χ0v) is 10.9. The number of nitrogens with two attached hydrogens (primary N) is 1. The quantitative estimate of drug-likeness (QED) is 0.674. The second kappa shape index (κ2) is 6.68. The highest BCUT2D eigenvalue weighted by molar-refractivity contribution is 5.85. The molecule has 2 rings (SSSR count). The smallest absolute Gasteiger partial charge is 0.269 e. The Morgan fingerprint density at radius 2 is 2.06 bits per heavy atom. The van der Waals surface area contributed by atoms with E-state index in [9.17, 15) is 10.1 Å². The first-order chi connectivity index (χ1) is 8.15. The van der Waals surface area contributed by atoms with Crippen LogP contribution in [-0.4, -0.2) is 29.0 Å². The number of rotatable bonds is 3. The number of halogens is 1. The van der Waals surface area contributed by atoms with E-state index in [0.717, 1.165) is 38.0 Å². The van der Waals surface area contributed by atoms with Crippen molar-refractivity contribution < 1.29 is 4.92 Å². The Labute approximate surface area is 113 Å². The molecule has 0 aliphatic carbocycles. The van der Waals surface area contributed by atoms with Crippen LogP contribution in [0.2, 0.25) is 0 Å². The fraction of sp³-hybridized carbons (Fsp3) is 0.500. The van der Waals surface area contributed by atoms with Gasteiger partial charge in [-0.3, -0.25) is 15.0 Å². The molecule has 1 heterocycles. The zero-order chi connectivity index (χ0) is 12.3. The van der Waals surface area contributed by atoms with Crippen LogP contribution in [0.5, 0.6) is 0 Å². The van der Waals surface area contributed by atoms with Gasteiger partial charge in [0.1, 0.15) is 0 Å². The average molecular weight is 272 g/mol. The molecule has 0 saturated carbocycles. The summed E-state index contributed by atoms with van der Waals surface area (Å²) in [5, 5.41) is 10.5. The minimum Gasteiger partial charge on any atom is -0.327 e. The Hall–Kier alpha value is -1.17. The van der Waals surface area contributed by atoms with Crippen LogP contribution in [0.4, 0.5) is 5.69 Å². The third-order valence-corrected chi connectivity index (χ3v) is 3.10. The van der Waals surface area contributed by atoms with Crippen molar-refractivity contribution in [1.82, 2.24) is 4.90 Å². The van der Waals surface area contributed by atoms with Gasteiger partial charge in [-0.2, -0.15) is 0 Å². The lowest BCUT2D eigenvalue weighted by Gasteiger charge is -2.30. The van der Waals surface area contributed by atoms with Crippen molar-refractivity contribution in [2.75, 3.05) is 13.1 Å². The third kappa shape index (κ3) is 3.94. The lowest BCUT2D eigenvalue weighted by Crippen LogP contribution is -2.42. The molecule has 1 aromatic carbocycles. The summed E-state index contributed by atoms with van der Waals surface area (Å²) in [6.45, 7) is 2.80. The Kier molecular flexibility index (Phi) is 5.53. The molecular weight excluding hydrogens is 254 g/mol. The number of nitro benzene ring substituents is 1. The molecular formula is C12H18ClN3O2. The number of benzene rings is 1. The van der Waals surface area contributed by atoms with E-state index in [1.54, 1.807) is 12.1 Å². The first-order valence-corrected chi connectivity index (χ1v) is 5.86. The molecule has 0 spiro atoms. The Bertz CT molecular complexity index is 397. The Morgan fingerprint density at radius 3 is 2.61 bits per heavy atom. The number of piperidine rings is 1. The largest absolute Gasteiger partial charge is 0.327 e. The van der Waals surface area contributed by atoms with Crippen molar-refractivity contribution in [1.29, 1.82) is 0 Å². The monoisotopic (exact) mass is 271 g/mol. The lowest BCUT2D eigenvalue weighted by molar-refractivity contribution is -0.384. The maximum Gasteiger partial charge on any atom is 0.269 e. The van der Waals surface area contributed by atoms with Gasteiger partial charge in [-0.05, 0) is 24.9 Å². The summed E-state index contributed by atoms with van der Waals surface area (Å²) in [5.41, 5.74) is 7.16. The van der Waals surface area contributed by atoms with E-state index < -0.39 is 0 Å². The lowest BCUT2D eigenvalue weighted by atomic mass is 10.1. The Morgan fingerprint density at radius 1 is 1.39 bits per heavy atom. The van der Waals surface area contributed by atoms with Crippen molar-refractivity contribution in [2.24, 2.45) is 5.73 Å². The zero-order valence-electron chi connectivity index (χ0n) is 10.1. The molecule has 0 bridgehead atoms. The molecule has 1 atom stereocenters. The normalized spacial score (nSPS) is 20.2. The molecule has 0 amide bonds. The van der Waals surface area contributed by atoms with E-state index in [-0.39, 0.29) is 29.1 Å². The summed E-state index contributed by atoms with van der Waals surface area (Å²) >= 11 is 0. The van der Waals surface area contributed by atoms with Crippen LogP contribution in [0.1, 0.15) is 18.4 Å². The van der Waals surface area contributed by atoms with Crippen molar-refractivity contribution in [3.63, 3.8) is 0 Å². The van der Waals surface area contributed by atoms with Crippen LogP contribution in [0, 0.1) is 10.1 Å². The molecule has 0 unspecified atom stereocenters. The average Bonchev–Trinajstić information content (AvgIpc) is 2.29. The maximum absolute atomic E-state index is 10.5. The fourth-order valence-electron chi connectivity index (χ4n) is 2.22. The number of hydrogen-bond acceptors (Lipinski definition) is 4. The summed E-state index contributed by atoms with van der Waals surface area (Å²) in [6, 6.07) is 7.01. The van der Waals surface area contributed by atoms with Gasteiger partial charge in [0, 0.05) is 31.3 Å². The molecule has 1 fully saturated rings. The molecule has 2 N–H and O–H groups in total. The highest BCUT2D eigenvalue weighted by Gasteiger charge is 2.16. The van der Waals surface area contributed by atoms with Crippen molar-refractivity contribution in [2.45, 2.75) is 25.4 Å². The van der Waals surface area contributed by atoms with Crippen LogP contribution >= 0.6 is 12.4 Å². The Balaban J connectivity index is 0.00000162. The first kappa shape index (κ1) is 14.9. The van der Waals surface area contributed by atoms with E-state index in [0.29, 0.717) is 0 Å². The molecule has 100 valence electrons. The van der Waals surface area contributed by atoms with Gasteiger partial charge in [0.15, 0.2) is 0 Å². The van der Waals surface area contributed by atoms with Gasteiger partial charge in [-0.25, -0.2) is 0 Å². The third-order valence-electron chi connectivity index (χ3n) is 3.10. The van der Waals surface area contributed by atoms with E-state index in [2.05, 4.69) is 4.90 Å². The van der Waals surface area contributed by atoms with Gasteiger partial charge < -0.3 is 5.73 Å². The minimum absolute atomic E-state index is 0. The number of nitro groups is 1. The highest BCUT2D eigenvalue weighted by Crippen LogP contribution is 2.16. The minimum atomic E-state index is -0.374. The van der Waals surface area contributed by atoms with Gasteiger partial charge in [0.2, 0.25) is 0 Å². The van der Waals surface area contributed by atoms with Crippen molar-refractivity contribution >= 4 is 18.1 Å². The van der Waals surface area contributed by atoms with E-state index in [1.165, 1.54) is 0 Å². The van der Waals surface area contributed by atoms with E-state index in [1.807, 2.05) is 12.1 Å². The predicted molar refractivity (Wildman–Crippen MR) is 72.8 cm³/mol. The molecule has 18 heavy (non-hydrogen) atoms. The molecule has 1 aromatic rings. The topological polar surface area (TPSA) is 72.4 Å². The summed E-state index contributed by atoms with van der Waals surface area (Å²) < 4.78 is 0. The van der Waals surface area contributed by atoms with E-state index >= 15 is 0 Å². The van der Waals surface area contributed by atoms with Crippen LogP contribution < -0.4 is 5.73 Å². The van der Waals surface area contributed by atoms with Crippen molar-refractivity contribution in [3.05, 3.63) is 39.9 Å².